The number of carbonyl (C=O) groups excluding carboxylic acids is 1. The number of para-hydroxylation sites is 2. The van der Waals surface area contributed by atoms with Crippen molar-refractivity contribution in [2.45, 2.75) is 5.92 Å². The average Bonchev–Trinajstić information content (AvgIpc) is 3.23. The number of methoxy groups -OCH3 is 1. The highest BCUT2D eigenvalue weighted by Crippen LogP contribution is 2.32. The van der Waals surface area contributed by atoms with Crippen molar-refractivity contribution in [1.82, 2.24) is 10.2 Å². The third kappa shape index (κ3) is 2.78. The number of carbonyl (C=O) groups is 1. The first kappa shape index (κ1) is 15.1. The molecular weight excluding hydrogens is 316 g/mol. The standard InChI is InChI=1S/C19H16N4O2/c1-25-17-9-5-3-7-13(17)16-10-18(23-22-16)20-11-14-12-6-2-4-8-15(12)21-19(14)24/h2-11,14H,1H3,(H,21,24)(H,22,23). The van der Waals surface area contributed by atoms with Gasteiger partial charge in [0, 0.05) is 23.5 Å². The number of nitrogens with zero attached hydrogens (tertiary/aromatic N) is 2. The second-order valence-corrected chi connectivity index (χ2v) is 5.67. The molecule has 1 atom stereocenters. The number of amides is 1. The predicted octanol–water partition coefficient (Wildman–Crippen LogP) is 3.52. The third-order valence-electron chi connectivity index (χ3n) is 4.15. The Morgan fingerprint density at radius 1 is 1.16 bits per heavy atom. The highest BCUT2D eigenvalue weighted by atomic mass is 16.5. The molecule has 1 amide bonds. The van der Waals surface area contributed by atoms with E-state index >= 15 is 0 Å². The van der Waals surface area contributed by atoms with Crippen molar-refractivity contribution in [2.24, 2.45) is 4.99 Å². The van der Waals surface area contributed by atoms with Gasteiger partial charge < -0.3 is 10.1 Å². The summed E-state index contributed by atoms with van der Waals surface area (Å²) in [7, 11) is 1.63. The normalized spacial score (nSPS) is 16.0. The van der Waals surface area contributed by atoms with E-state index < -0.39 is 5.92 Å². The van der Waals surface area contributed by atoms with Crippen LogP contribution in [0.3, 0.4) is 0 Å². The van der Waals surface area contributed by atoms with Crippen LogP contribution in [0.1, 0.15) is 11.5 Å². The molecule has 6 heteroatoms. The molecular formula is C19H16N4O2. The van der Waals surface area contributed by atoms with Crippen LogP contribution in [0.15, 0.2) is 59.6 Å². The number of fused-ring (bicyclic) bond motifs is 1. The first-order valence-corrected chi connectivity index (χ1v) is 7.89. The Morgan fingerprint density at radius 3 is 2.84 bits per heavy atom. The van der Waals surface area contributed by atoms with Crippen molar-refractivity contribution in [3.63, 3.8) is 0 Å². The summed E-state index contributed by atoms with van der Waals surface area (Å²) in [6.45, 7) is 0. The summed E-state index contributed by atoms with van der Waals surface area (Å²) in [6.07, 6.45) is 1.63. The molecule has 0 fully saturated rings. The van der Waals surface area contributed by atoms with Gasteiger partial charge in [-0.1, -0.05) is 30.3 Å². The summed E-state index contributed by atoms with van der Waals surface area (Å²) in [4.78, 5) is 16.5. The predicted molar refractivity (Wildman–Crippen MR) is 96.5 cm³/mol. The molecule has 2 heterocycles. The number of ether oxygens (including phenoxy) is 1. The Labute approximate surface area is 144 Å². The summed E-state index contributed by atoms with van der Waals surface area (Å²) in [5.74, 6) is 0.789. The molecule has 1 aliphatic rings. The van der Waals surface area contributed by atoms with Gasteiger partial charge in [0.05, 0.1) is 12.8 Å². The highest BCUT2D eigenvalue weighted by molar-refractivity contribution is 6.12. The van der Waals surface area contributed by atoms with Crippen molar-refractivity contribution >= 4 is 23.6 Å². The molecule has 0 saturated heterocycles. The summed E-state index contributed by atoms with van der Waals surface area (Å²) in [5.41, 5.74) is 3.47. The van der Waals surface area contributed by atoms with E-state index in [2.05, 4.69) is 20.5 Å². The van der Waals surface area contributed by atoms with Crippen LogP contribution in [0.4, 0.5) is 11.5 Å². The Bertz CT molecular complexity index is 961. The van der Waals surface area contributed by atoms with Crippen molar-refractivity contribution in [2.75, 3.05) is 12.4 Å². The SMILES string of the molecule is COc1ccccc1-c1cc(N=CC2C(=O)Nc3ccccc32)n[nH]1. The fourth-order valence-electron chi connectivity index (χ4n) is 2.92. The quantitative estimate of drug-likeness (QED) is 0.717. The van der Waals surface area contributed by atoms with Gasteiger partial charge in [-0.05, 0) is 23.8 Å². The molecule has 0 bridgehead atoms. The van der Waals surface area contributed by atoms with Gasteiger partial charge in [0.1, 0.15) is 11.7 Å². The molecule has 1 aliphatic heterocycles. The zero-order chi connectivity index (χ0) is 17.2. The minimum Gasteiger partial charge on any atom is -0.496 e. The summed E-state index contributed by atoms with van der Waals surface area (Å²) < 4.78 is 5.36. The van der Waals surface area contributed by atoms with Crippen molar-refractivity contribution in [3.05, 3.63) is 60.2 Å². The van der Waals surface area contributed by atoms with Crippen molar-refractivity contribution in [3.8, 4) is 17.0 Å². The van der Waals surface area contributed by atoms with E-state index in [0.717, 1.165) is 28.3 Å². The van der Waals surface area contributed by atoms with E-state index in [1.54, 1.807) is 13.3 Å². The second-order valence-electron chi connectivity index (χ2n) is 5.67. The third-order valence-corrected chi connectivity index (χ3v) is 4.15. The number of hydrogen-bond donors (Lipinski definition) is 2. The van der Waals surface area contributed by atoms with E-state index in [-0.39, 0.29) is 5.91 Å². The van der Waals surface area contributed by atoms with Gasteiger partial charge in [-0.3, -0.25) is 9.89 Å². The number of nitrogens with one attached hydrogen (secondary N) is 2. The van der Waals surface area contributed by atoms with Gasteiger partial charge >= 0.3 is 0 Å². The number of H-pyrrole nitrogens is 1. The highest BCUT2D eigenvalue weighted by Gasteiger charge is 2.28. The molecule has 6 nitrogen and oxygen atoms in total. The molecule has 2 N–H and O–H groups in total. The van der Waals surface area contributed by atoms with E-state index in [1.165, 1.54) is 0 Å². The maximum absolute atomic E-state index is 12.1. The maximum atomic E-state index is 12.1. The van der Waals surface area contributed by atoms with Gasteiger partial charge in [0.2, 0.25) is 5.91 Å². The molecule has 0 spiro atoms. The lowest BCUT2D eigenvalue weighted by Crippen LogP contribution is -2.12. The van der Waals surface area contributed by atoms with Crippen molar-refractivity contribution < 1.29 is 9.53 Å². The number of aliphatic imine (C=N–C) groups is 1. The van der Waals surface area contributed by atoms with Crippen LogP contribution < -0.4 is 10.1 Å². The molecule has 0 radical (unpaired) electrons. The summed E-state index contributed by atoms with van der Waals surface area (Å²) in [5, 5.41) is 10.0. The molecule has 4 rings (SSSR count). The molecule has 1 unspecified atom stereocenters. The number of aromatic nitrogens is 2. The average molecular weight is 332 g/mol. The molecule has 0 aliphatic carbocycles. The molecule has 124 valence electrons. The van der Waals surface area contributed by atoms with Crippen molar-refractivity contribution in [1.29, 1.82) is 0 Å². The van der Waals surface area contributed by atoms with Crippen LogP contribution in [0.5, 0.6) is 5.75 Å². The molecule has 25 heavy (non-hydrogen) atoms. The lowest BCUT2D eigenvalue weighted by Gasteiger charge is -2.04. The minimum atomic E-state index is -0.400. The van der Waals surface area contributed by atoms with Gasteiger partial charge in [-0.25, -0.2) is 4.99 Å². The minimum absolute atomic E-state index is 0.0783. The van der Waals surface area contributed by atoms with E-state index in [1.807, 2.05) is 54.6 Å². The first-order chi connectivity index (χ1) is 12.3. The van der Waals surface area contributed by atoms with E-state index in [4.69, 9.17) is 4.74 Å². The lowest BCUT2D eigenvalue weighted by molar-refractivity contribution is -0.115. The van der Waals surface area contributed by atoms with Crippen LogP contribution in [0.25, 0.3) is 11.3 Å². The van der Waals surface area contributed by atoms with Gasteiger partial charge in [-0.15, -0.1) is 0 Å². The molecule has 0 saturated carbocycles. The van der Waals surface area contributed by atoms with E-state index in [9.17, 15) is 4.79 Å². The summed E-state index contributed by atoms with van der Waals surface area (Å²) in [6, 6.07) is 17.1. The second kappa shape index (κ2) is 6.24. The smallest absolute Gasteiger partial charge is 0.237 e. The number of benzene rings is 2. The first-order valence-electron chi connectivity index (χ1n) is 7.89. The molecule has 1 aromatic heterocycles. The fourth-order valence-corrected chi connectivity index (χ4v) is 2.92. The zero-order valence-corrected chi connectivity index (χ0v) is 13.6. The number of hydrogen-bond acceptors (Lipinski definition) is 4. The van der Waals surface area contributed by atoms with Crippen LogP contribution in [0.2, 0.25) is 0 Å². The Kier molecular flexibility index (Phi) is 3.78. The van der Waals surface area contributed by atoms with Crippen LogP contribution in [-0.2, 0) is 4.79 Å². The Hall–Kier alpha value is -3.41. The van der Waals surface area contributed by atoms with E-state index in [0.29, 0.717) is 5.82 Å². The molecule has 3 aromatic rings. The van der Waals surface area contributed by atoms with Crippen LogP contribution in [0, 0.1) is 0 Å². The summed E-state index contributed by atoms with van der Waals surface area (Å²) >= 11 is 0. The fraction of sp³-hybridized carbons (Fsp3) is 0.105. The van der Waals surface area contributed by atoms with Gasteiger partial charge in [0.25, 0.3) is 0 Å². The monoisotopic (exact) mass is 332 g/mol. The Balaban J connectivity index is 1.60. The molecule has 2 aromatic carbocycles. The van der Waals surface area contributed by atoms with Gasteiger partial charge in [-0.2, -0.15) is 5.10 Å². The van der Waals surface area contributed by atoms with Crippen LogP contribution >= 0.6 is 0 Å². The number of rotatable bonds is 4. The largest absolute Gasteiger partial charge is 0.496 e. The Morgan fingerprint density at radius 2 is 1.96 bits per heavy atom. The number of aromatic amines is 1. The maximum Gasteiger partial charge on any atom is 0.237 e. The number of anilines is 1. The van der Waals surface area contributed by atoms with Crippen LogP contribution in [-0.4, -0.2) is 29.4 Å². The zero-order valence-electron chi connectivity index (χ0n) is 13.6. The lowest BCUT2D eigenvalue weighted by atomic mass is 10.0. The van der Waals surface area contributed by atoms with Gasteiger partial charge in [0.15, 0.2) is 5.82 Å². The topological polar surface area (TPSA) is 79.4 Å².